The second-order valence-corrected chi connectivity index (χ2v) is 2.68. The Hall–Kier alpha value is -0.340. The van der Waals surface area contributed by atoms with Gasteiger partial charge in [-0.2, -0.15) is 0 Å². The van der Waals surface area contributed by atoms with Crippen LogP contribution in [0, 0.1) is 0 Å². The molecule has 0 aliphatic carbocycles. The molecule has 11 heavy (non-hydrogen) atoms. The molecular formula is C9H18O2. The van der Waals surface area contributed by atoms with Crippen molar-refractivity contribution in [3.8, 4) is 0 Å². The van der Waals surface area contributed by atoms with Gasteiger partial charge in [0.15, 0.2) is 0 Å². The summed E-state index contributed by atoms with van der Waals surface area (Å²) in [7, 11) is 0. The first-order valence-electron chi connectivity index (χ1n) is 4.21. The topological polar surface area (TPSA) is 40.5 Å². The molecule has 0 saturated heterocycles. The first-order chi connectivity index (χ1) is 5.31. The largest absolute Gasteiger partial charge is 0.396 e. The molecule has 0 radical (unpaired) electrons. The molecule has 0 aliphatic heterocycles. The van der Waals surface area contributed by atoms with E-state index in [0.29, 0.717) is 0 Å². The Morgan fingerprint density at radius 3 is 2.64 bits per heavy atom. The van der Waals surface area contributed by atoms with Crippen LogP contribution in [-0.4, -0.2) is 22.9 Å². The normalized spacial score (nSPS) is 14.1. The second-order valence-electron chi connectivity index (χ2n) is 2.68. The molecule has 0 amide bonds. The minimum Gasteiger partial charge on any atom is -0.396 e. The summed E-state index contributed by atoms with van der Waals surface area (Å²) in [5.74, 6) is 0. The lowest BCUT2D eigenvalue weighted by Gasteiger charge is -2.05. The highest BCUT2D eigenvalue weighted by atomic mass is 16.3. The van der Waals surface area contributed by atoms with Crippen molar-refractivity contribution in [2.75, 3.05) is 6.61 Å². The summed E-state index contributed by atoms with van der Waals surface area (Å²) in [6.07, 6.45) is 6.92. The van der Waals surface area contributed by atoms with Crippen LogP contribution in [0.15, 0.2) is 12.2 Å². The molecule has 2 heteroatoms. The van der Waals surface area contributed by atoms with Crippen molar-refractivity contribution < 1.29 is 10.2 Å². The Morgan fingerprint density at radius 2 is 2.09 bits per heavy atom. The summed E-state index contributed by atoms with van der Waals surface area (Å²) in [5.41, 5.74) is 0. The van der Waals surface area contributed by atoms with E-state index in [9.17, 15) is 5.11 Å². The van der Waals surface area contributed by atoms with Crippen LogP contribution in [0.2, 0.25) is 0 Å². The van der Waals surface area contributed by atoms with Gasteiger partial charge in [0.2, 0.25) is 0 Å². The van der Waals surface area contributed by atoms with Crippen LogP contribution in [0.5, 0.6) is 0 Å². The quantitative estimate of drug-likeness (QED) is 0.454. The Labute approximate surface area is 68.6 Å². The number of allylic oxidation sites excluding steroid dienone is 1. The summed E-state index contributed by atoms with van der Waals surface area (Å²) in [6, 6.07) is 0. The molecule has 0 bridgehead atoms. The van der Waals surface area contributed by atoms with E-state index in [1.165, 1.54) is 0 Å². The molecule has 1 atom stereocenters. The number of unbranched alkanes of at least 4 members (excludes halogenated alkanes) is 1. The summed E-state index contributed by atoms with van der Waals surface area (Å²) in [4.78, 5) is 0. The van der Waals surface area contributed by atoms with Crippen LogP contribution in [-0.2, 0) is 0 Å². The molecule has 0 rings (SSSR count). The van der Waals surface area contributed by atoms with Crippen molar-refractivity contribution in [3.63, 3.8) is 0 Å². The Morgan fingerprint density at radius 1 is 1.36 bits per heavy atom. The lowest BCUT2D eigenvalue weighted by atomic mass is 10.1. The van der Waals surface area contributed by atoms with Crippen molar-refractivity contribution in [2.45, 2.75) is 38.7 Å². The van der Waals surface area contributed by atoms with E-state index in [1.807, 2.05) is 19.1 Å². The highest BCUT2D eigenvalue weighted by molar-refractivity contribution is 4.79. The lowest BCUT2D eigenvalue weighted by Crippen LogP contribution is -2.04. The van der Waals surface area contributed by atoms with Gasteiger partial charge in [-0.05, 0) is 32.6 Å². The van der Waals surface area contributed by atoms with E-state index in [1.54, 1.807) is 0 Å². The summed E-state index contributed by atoms with van der Waals surface area (Å²) in [6.45, 7) is 2.18. The minimum absolute atomic E-state index is 0.224. The van der Waals surface area contributed by atoms with E-state index >= 15 is 0 Å². The number of aliphatic hydroxyl groups is 2. The van der Waals surface area contributed by atoms with Crippen LogP contribution >= 0.6 is 0 Å². The smallest absolute Gasteiger partial charge is 0.0574 e. The molecule has 0 fully saturated rings. The average molecular weight is 158 g/mol. The van der Waals surface area contributed by atoms with Gasteiger partial charge in [-0.15, -0.1) is 0 Å². The maximum absolute atomic E-state index is 9.27. The van der Waals surface area contributed by atoms with Crippen LogP contribution in [0.3, 0.4) is 0 Å². The zero-order valence-electron chi connectivity index (χ0n) is 7.16. The molecule has 66 valence electrons. The van der Waals surface area contributed by atoms with E-state index in [4.69, 9.17) is 5.11 Å². The van der Waals surface area contributed by atoms with Gasteiger partial charge in [0.25, 0.3) is 0 Å². The molecule has 2 nitrogen and oxygen atoms in total. The maximum atomic E-state index is 9.27. The number of hydrogen-bond acceptors (Lipinski definition) is 2. The summed E-state index contributed by atoms with van der Waals surface area (Å²) in [5, 5.41) is 17.7. The van der Waals surface area contributed by atoms with E-state index in [2.05, 4.69) is 0 Å². The highest BCUT2D eigenvalue weighted by Gasteiger charge is 1.99. The molecule has 0 saturated carbocycles. The zero-order valence-corrected chi connectivity index (χ0v) is 7.16. The fourth-order valence-corrected chi connectivity index (χ4v) is 0.903. The summed E-state index contributed by atoms with van der Waals surface area (Å²) < 4.78 is 0. The molecule has 2 N–H and O–H groups in total. The number of hydrogen-bond donors (Lipinski definition) is 2. The van der Waals surface area contributed by atoms with Crippen molar-refractivity contribution >= 4 is 0 Å². The fraction of sp³-hybridized carbons (Fsp3) is 0.778. The average Bonchev–Trinajstić information content (AvgIpc) is 2.01. The Bertz CT molecular complexity index is 99.7. The highest BCUT2D eigenvalue weighted by Crippen LogP contribution is 2.04. The third-order valence-corrected chi connectivity index (χ3v) is 1.59. The molecule has 0 spiro atoms. The van der Waals surface area contributed by atoms with Gasteiger partial charge in [0.05, 0.1) is 6.10 Å². The zero-order chi connectivity index (χ0) is 8.53. The molecule has 0 heterocycles. The van der Waals surface area contributed by atoms with Crippen LogP contribution in [0.1, 0.15) is 32.6 Å². The van der Waals surface area contributed by atoms with Crippen LogP contribution < -0.4 is 0 Å². The van der Waals surface area contributed by atoms with E-state index in [-0.39, 0.29) is 12.7 Å². The van der Waals surface area contributed by atoms with Crippen molar-refractivity contribution in [1.29, 1.82) is 0 Å². The minimum atomic E-state index is -0.224. The van der Waals surface area contributed by atoms with E-state index in [0.717, 1.165) is 25.7 Å². The standard InChI is InChI=1S/C9H18O2/c1-2-3-6-9(11)7-4-5-8-10/h2-3,9-11H,4-8H2,1H3. The van der Waals surface area contributed by atoms with Gasteiger partial charge in [0, 0.05) is 6.61 Å². The van der Waals surface area contributed by atoms with Gasteiger partial charge >= 0.3 is 0 Å². The third-order valence-electron chi connectivity index (χ3n) is 1.59. The first kappa shape index (κ1) is 10.7. The molecule has 0 aliphatic rings. The van der Waals surface area contributed by atoms with Crippen molar-refractivity contribution in [3.05, 3.63) is 12.2 Å². The van der Waals surface area contributed by atoms with Gasteiger partial charge in [-0.3, -0.25) is 0 Å². The third kappa shape index (κ3) is 7.56. The van der Waals surface area contributed by atoms with Gasteiger partial charge in [-0.1, -0.05) is 12.2 Å². The van der Waals surface area contributed by atoms with Crippen LogP contribution in [0.4, 0.5) is 0 Å². The maximum Gasteiger partial charge on any atom is 0.0574 e. The van der Waals surface area contributed by atoms with Crippen molar-refractivity contribution in [1.82, 2.24) is 0 Å². The molecule has 1 unspecified atom stereocenters. The SMILES string of the molecule is CC=CCC(O)CCCCO. The lowest BCUT2D eigenvalue weighted by molar-refractivity contribution is 0.160. The number of aliphatic hydroxyl groups excluding tert-OH is 2. The Balaban J connectivity index is 3.15. The molecular weight excluding hydrogens is 140 g/mol. The first-order valence-corrected chi connectivity index (χ1v) is 4.21. The second kappa shape index (κ2) is 7.76. The van der Waals surface area contributed by atoms with Crippen molar-refractivity contribution in [2.24, 2.45) is 0 Å². The van der Waals surface area contributed by atoms with Gasteiger partial charge in [-0.25, -0.2) is 0 Å². The van der Waals surface area contributed by atoms with E-state index < -0.39 is 0 Å². The summed E-state index contributed by atoms with van der Waals surface area (Å²) >= 11 is 0. The molecule has 0 aromatic heterocycles. The number of rotatable bonds is 6. The van der Waals surface area contributed by atoms with Gasteiger partial charge < -0.3 is 10.2 Å². The van der Waals surface area contributed by atoms with Crippen LogP contribution in [0.25, 0.3) is 0 Å². The monoisotopic (exact) mass is 158 g/mol. The van der Waals surface area contributed by atoms with Gasteiger partial charge in [0.1, 0.15) is 0 Å². The fourth-order valence-electron chi connectivity index (χ4n) is 0.903. The predicted octanol–water partition coefficient (Wildman–Crippen LogP) is 1.48. The molecule has 0 aromatic rings. The molecule has 0 aromatic carbocycles. The predicted molar refractivity (Wildman–Crippen MR) is 46.4 cm³/mol. The Kier molecular flexibility index (Phi) is 7.52.